The highest BCUT2D eigenvalue weighted by Gasteiger charge is 2.45. The highest BCUT2D eigenvalue weighted by atomic mass is 16.2. The molecule has 6 nitrogen and oxygen atoms in total. The van der Waals surface area contributed by atoms with Gasteiger partial charge in [0.25, 0.3) is 11.8 Å². The first-order valence-corrected chi connectivity index (χ1v) is 9.54. The predicted molar refractivity (Wildman–Crippen MR) is 103 cm³/mol. The number of aromatic nitrogens is 2. The summed E-state index contributed by atoms with van der Waals surface area (Å²) in [6, 6.07) is 10.2. The molecule has 3 heterocycles. The molecule has 0 spiro atoms. The van der Waals surface area contributed by atoms with Crippen LogP contribution in [0.25, 0.3) is 0 Å². The summed E-state index contributed by atoms with van der Waals surface area (Å²) in [6.07, 6.45) is 0.923. The number of hydrogen-bond donors (Lipinski definition) is 1. The second-order valence-corrected chi connectivity index (χ2v) is 8.33. The summed E-state index contributed by atoms with van der Waals surface area (Å²) in [4.78, 5) is 27.3. The minimum absolute atomic E-state index is 0.0157. The third-order valence-corrected chi connectivity index (χ3v) is 5.97. The first-order valence-electron chi connectivity index (χ1n) is 9.54. The fourth-order valence-electron chi connectivity index (χ4n) is 4.41. The van der Waals surface area contributed by atoms with E-state index in [1.807, 2.05) is 11.8 Å². The van der Waals surface area contributed by atoms with Crippen molar-refractivity contribution in [3.8, 4) is 0 Å². The zero-order valence-corrected chi connectivity index (χ0v) is 16.3. The van der Waals surface area contributed by atoms with Crippen molar-refractivity contribution < 1.29 is 9.59 Å². The Morgan fingerprint density at radius 1 is 1.26 bits per heavy atom. The zero-order valence-electron chi connectivity index (χ0n) is 16.3. The van der Waals surface area contributed by atoms with Crippen molar-refractivity contribution in [3.63, 3.8) is 0 Å². The molecule has 2 aliphatic rings. The van der Waals surface area contributed by atoms with Gasteiger partial charge >= 0.3 is 0 Å². The van der Waals surface area contributed by atoms with Gasteiger partial charge in [0.05, 0.1) is 6.54 Å². The van der Waals surface area contributed by atoms with E-state index < -0.39 is 0 Å². The van der Waals surface area contributed by atoms with Gasteiger partial charge in [0.2, 0.25) is 0 Å². The maximum absolute atomic E-state index is 13.2. The highest BCUT2D eigenvalue weighted by Crippen LogP contribution is 2.42. The van der Waals surface area contributed by atoms with Crippen molar-refractivity contribution in [1.29, 1.82) is 0 Å². The van der Waals surface area contributed by atoms with Crippen LogP contribution in [0.1, 0.15) is 65.2 Å². The van der Waals surface area contributed by atoms with Crippen molar-refractivity contribution in [2.24, 2.45) is 0 Å². The molecule has 2 amide bonds. The van der Waals surface area contributed by atoms with E-state index in [1.165, 1.54) is 11.1 Å². The van der Waals surface area contributed by atoms with Crippen LogP contribution in [-0.4, -0.2) is 44.6 Å². The largest absolute Gasteiger partial charge is 0.346 e. The van der Waals surface area contributed by atoms with E-state index in [0.29, 0.717) is 24.5 Å². The topological polar surface area (TPSA) is 67.2 Å². The molecule has 0 radical (unpaired) electrons. The molecular weight excluding hydrogens is 340 g/mol. The van der Waals surface area contributed by atoms with Crippen molar-refractivity contribution in [2.75, 3.05) is 6.54 Å². The van der Waals surface area contributed by atoms with Crippen molar-refractivity contribution in [1.82, 2.24) is 20.0 Å². The number of nitrogens with zero attached hydrogens (tertiary/aromatic N) is 3. The number of amides is 2. The molecule has 2 aliphatic heterocycles. The Balaban J connectivity index is 1.60. The van der Waals surface area contributed by atoms with Crippen LogP contribution < -0.4 is 5.32 Å². The lowest BCUT2D eigenvalue weighted by Crippen LogP contribution is -2.45. The number of rotatable bonds is 2. The molecule has 2 aromatic rings. The summed E-state index contributed by atoms with van der Waals surface area (Å²) in [7, 11) is 0. The second kappa shape index (κ2) is 6.22. The van der Waals surface area contributed by atoms with E-state index in [2.05, 4.69) is 55.5 Å². The van der Waals surface area contributed by atoms with Crippen LogP contribution in [0.3, 0.4) is 0 Å². The average molecular weight is 366 g/mol. The third kappa shape index (κ3) is 2.93. The summed E-state index contributed by atoms with van der Waals surface area (Å²) in [5.74, 6) is 0.0121. The molecule has 0 bridgehead atoms. The van der Waals surface area contributed by atoms with Gasteiger partial charge < -0.3 is 10.2 Å². The van der Waals surface area contributed by atoms with Gasteiger partial charge in [-0.1, -0.05) is 29.8 Å². The molecule has 2 atom stereocenters. The van der Waals surface area contributed by atoms with Gasteiger partial charge in [-0.15, -0.1) is 0 Å². The van der Waals surface area contributed by atoms with Gasteiger partial charge in [-0.25, -0.2) is 0 Å². The van der Waals surface area contributed by atoms with E-state index in [1.54, 1.807) is 10.7 Å². The normalized spacial score (nSPS) is 23.9. The molecule has 1 aromatic carbocycles. The van der Waals surface area contributed by atoms with E-state index >= 15 is 0 Å². The molecule has 142 valence electrons. The average Bonchev–Trinajstić information content (AvgIpc) is 3.16. The third-order valence-electron chi connectivity index (χ3n) is 5.97. The fraction of sp³-hybridized carbons (Fsp3) is 0.476. The minimum Gasteiger partial charge on any atom is -0.346 e. The molecule has 6 heteroatoms. The van der Waals surface area contributed by atoms with E-state index in [0.717, 1.165) is 6.42 Å². The zero-order chi connectivity index (χ0) is 19.3. The number of carbonyl (C=O) groups excluding carboxylic acids is 2. The maximum Gasteiger partial charge on any atom is 0.274 e. The number of likely N-dealkylation sites (tertiary alicyclic amines) is 1. The lowest BCUT2D eigenvalue weighted by atomic mass is 9.82. The van der Waals surface area contributed by atoms with Crippen LogP contribution in [0.2, 0.25) is 0 Å². The molecule has 1 fully saturated rings. The fourth-order valence-corrected chi connectivity index (χ4v) is 4.41. The van der Waals surface area contributed by atoms with E-state index in [4.69, 9.17) is 0 Å². The van der Waals surface area contributed by atoms with Crippen molar-refractivity contribution in [2.45, 2.75) is 58.2 Å². The Hall–Kier alpha value is -2.63. The van der Waals surface area contributed by atoms with Gasteiger partial charge in [-0.3, -0.25) is 14.3 Å². The Kier molecular flexibility index (Phi) is 4.09. The van der Waals surface area contributed by atoms with Crippen LogP contribution in [0.15, 0.2) is 30.3 Å². The molecular formula is C21H26N4O2. The number of hydrogen-bond acceptors (Lipinski definition) is 3. The summed E-state index contributed by atoms with van der Waals surface area (Å²) >= 11 is 0. The molecule has 2 unspecified atom stereocenters. The quantitative estimate of drug-likeness (QED) is 0.889. The highest BCUT2D eigenvalue weighted by molar-refractivity contribution is 5.98. The van der Waals surface area contributed by atoms with Crippen LogP contribution in [0.5, 0.6) is 0 Å². The van der Waals surface area contributed by atoms with Crippen molar-refractivity contribution in [3.05, 3.63) is 52.8 Å². The van der Waals surface area contributed by atoms with Crippen LogP contribution in [0.4, 0.5) is 0 Å². The monoisotopic (exact) mass is 366 g/mol. The lowest BCUT2D eigenvalue weighted by molar-refractivity contribution is 0.0627. The van der Waals surface area contributed by atoms with E-state index in [9.17, 15) is 9.59 Å². The summed E-state index contributed by atoms with van der Waals surface area (Å²) in [5, 5.41) is 7.32. The molecule has 0 aliphatic carbocycles. The number of fused-ring (bicyclic) bond motifs is 1. The van der Waals surface area contributed by atoms with Crippen LogP contribution in [-0.2, 0) is 6.54 Å². The Morgan fingerprint density at radius 3 is 2.67 bits per heavy atom. The molecule has 1 N–H and O–H groups in total. The Labute approximate surface area is 159 Å². The Bertz CT molecular complexity index is 897. The second-order valence-electron chi connectivity index (χ2n) is 8.33. The van der Waals surface area contributed by atoms with Crippen LogP contribution >= 0.6 is 0 Å². The molecule has 0 saturated carbocycles. The standard InChI is InChI=1S/C21H26N4O2/c1-13-5-7-15(8-6-13)16-9-10-24(21(16,3)4)20(27)17-11-18-19(26)22-14(2)12-25(18)23-17/h5-8,11,14,16H,9-10,12H2,1-4H3,(H,22,26). The first kappa shape index (κ1) is 17.8. The van der Waals surface area contributed by atoms with E-state index in [-0.39, 0.29) is 29.3 Å². The first-order chi connectivity index (χ1) is 12.8. The van der Waals surface area contributed by atoms with Crippen molar-refractivity contribution >= 4 is 11.8 Å². The van der Waals surface area contributed by atoms with Gasteiger partial charge in [-0.05, 0) is 39.7 Å². The minimum atomic E-state index is -0.313. The molecule has 27 heavy (non-hydrogen) atoms. The number of nitrogens with one attached hydrogen (secondary N) is 1. The SMILES string of the molecule is Cc1ccc(C2CCN(C(=O)c3cc4n(n3)CC(C)NC4=O)C2(C)C)cc1. The summed E-state index contributed by atoms with van der Waals surface area (Å²) in [5.41, 5.74) is 3.00. The number of aryl methyl sites for hydroxylation is 1. The molecule has 1 aromatic heterocycles. The molecule has 1 saturated heterocycles. The number of carbonyl (C=O) groups is 2. The smallest absolute Gasteiger partial charge is 0.274 e. The predicted octanol–water partition coefficient (Wildman–Crippen LogP) is 2.73. The van der Waals surface area contributed by atoms with Gasteiger partial charge in [0.15, 0.2) is 5.69 Å². The summed E-state index contributed by atoms with van der Waals surface area (Å²) in [6.45, 7) is 9.52. The van der Waals surface area contributed by atoms with Gasteiger partial charge in [0.1, 0.15) is 5.69 Å². The lowest BCUT2D eigenvalue weighted by Gasteiger charge is -2.36. The van der Waals surface area contributed by atoms with Gasteiger partial charge in [0, 0.05) is 30.1 Å². The number of benzene rings is 1. The maximum atomic E-state index is 13.2. The van der Waals surface area contributed by atoms with Crippen LogP contribution in [0, 0.1) is 6.92 Å². The van der Waals surface area contributed by atoms with Gasteiger partial charge in [-0.2, -0.15) is 5.10 Å². The Morgan fingerprint density at radius 2 is 1.96 bits per heavy atom. The molecule has 4 rings (SSSR count). The summed E-state index contributed by atoms with van der Waals surface area (Å²) < 4.78 is 1.65.